The lowest BCUT2D eigenvalue weighted by molar-refractivity contribution is 0.0525. The SMILES string of the molecule is CCCOc1ccc(C(=O)NNC(=O)c2ccc(-n3ncc(C(=O)OCC)c3C)cc2)cc1OC. The van der Waals surface area contributed by atoms with Crippen LogP contribution < -0.4 is 20.3 Å². The van der Waals surface area contributed by atoms with Crippen molar-refractivity contribution in [3.63, 3.8) is 0 Å². The van der Waals surface area contributed by atoms with E-state index in [-0.39, 0.29) is 6.61 Å². The predicted molar refractivity (Wildman–Crippen MR) is 128 cm³/mol. The van der Waals surface area contributed by atoms with Crippen LogP contribution in [0, 0.1) is 6.92 Å². The standard InChI is InChI=1S/C25H28N4O6/c1-5-13-35-21-12-9-18(14-22(21)33-4)24(31)28-27-23(30)17-7-10-19(11-8-17)29-16(3)20(15-26-29)25(32)34-6-2/h7-12,14-15H,5-6,13H2,1-4H3,(H,27,30)(H,28,31). The van der Waals surface area contributed by atoms with Crippen LogP contribution in [0.2, 0.25) is 0 Å². The highest BCUT2D eigenvalue weighted by molar-refractivity contribution is 5.99. The number of carbonyl (C=O) groups excluding carboxylic acids is 3. The summed E-state index contributed by atoms with van der Waals surface area (Å²) in [6, 6.07) is 11.3. The zero-order valence-corrected chi connectivity index (χ0v) is 20.1. The number of hydrazine groups is 1. The number of nitrogens with one attached hydrogen (secondary N) is 2. The molecule has 3 rings (SSSR count). The Balaban J connectivity index is 1.63. The molecular formula is C25H28N4O6. The van der Waals surface area contributed by atoms with Crippen molar-refractivity contribution in [1.82, 2.24) is 20.6 Å². The maximum Gasteiger partial charge on any atom is 0.341 e. The summed E-state index contributed by atoms with van der Waals surface area (Å²) in [7, 11) is 1.49. The molecule has 0 aliphatic heterocycles. The van der Waals surface area contributed by atoms with Crippen molar-refractivity contribution < 1.29 is 28.6 Å². The third-order valence-corrected chi connectivity index (χ3v) is 5.06. The van der Waals surface area contributed by atoms with Crippen LogP contribution in [0.15, 0.2) is 48.7 Å². The number of amides is 2. The summed E-state index contributed by atoms with van der Waals surface area (Å²) in [6.07, 6.45) is 2.29. The smallest absolute Gasteiger partial charge is 0.341 e. The fourth-order valence-corrected chi connectivity index (χ4v) is 3.23. The molecule has 35 heavy (non-hydrogen) atoms. The van der Waals surface area contributed by atoms with E-state index in [2.05, 4.69) is 16.0 Å². The van der Waals surface area contributed by atoms with Crippen molar-refractivity contribution in [2.24, 2.45) is 0 Å². The largest absolute Gasteiger partial charge is 0.493 e. The molecule has 0 fully saturated rings. The molecule has 0 bridgehead atoms. The van der Waals surface area contributed by atoms with Gasteiger partial charge in [-0.1, -0.05) is 6.92 Å². The Morgan fingerprint density at radius 3 is 2.23 bits per heavy atom. The fourth-order valence-electron chi connectivity index (χ4n) is 3.23. The average molecular weight is 481 g/mol. The Labute approximate surface area is 203 Å². The number of benzene rings is 2. The molecule has 0 radical (unpaired) electrons. The van der Waals surface area contributed by atoms with Crippen LogP contribution in [0.1, 0.15) is 57.0 Å². The molecule has 0 aliphatic rings. The van der Waals surface area contributed by atoms with Gasteiger partial charge in [0.25, 0.3) is 11.8 Å². The second kappa shape index (κ2) is 11.7. The lowest BCUT2D eigenvalue weighted by Gasteiger charge is -2.12. The Hall–Kier alpha value is -4.34. The summed E-state index contributed by atoms with van der Waals surface area (Å²) >= 11 is 0. The van der Waals surface area contributed by atoms with E-state index in [9.17, 15) is 14.4 Å². The topological polar surface area (TPSA) is 121 Å². The number of esters is 1. The average Bonchev–Trinajstić information content (AvgIpc) is 3.27. The van der Waals surface area contributed by atoms with E-state index in [0.29, 0.717) is 46.2 Å². The first-order valence-corrected chi connectivity index (χ1v) is 11.1. The van der Waals surface area contributed by atoms with Gasteiger partial charge >= 0.3 is 5.97 Å². The van der Waals surface area contributed by atoms with Crippen molar-refractivity contribution in [2.75, 3.05) is 20.3 Å². The van der Waals surface area contributed by atoms with Crippen molar-refractivity contribution in [1.29, 1.82) is 0 Å². The molecule has 184 valence electrons. The van der Waals surface area contributed by atoms with Gasteiger partial charge in [-0.3, -0.25) is 20.4 Å². The van der Waals surface area contributed by atoms with Crippen LogP contribution in [-0.4, -0.2) is 47.9 Å². The van der Waals surface area contributed by atoms with E-state index < -0.39 is 17.8 Å². The van der Waals surface area contributed by atoms with Crippen LogP contribution in [0.3, 0.4) is 0 Å². The Kier molecular flexibility index (Phi) is 8.44. The van der Waals surface area contributed by atoms with Gasteiger partial charge < -0.3 is 14.2 Å². The Bertz CT molecular complexity index is 1200. The third kappa shape index (κ3) is 5.97. The van der Waals surface area contributed by atoms with Gasteiger partial charge in [-0.15, -0.1) is 0 Å². The molecule has 1 aromatic heterocycles. The molecule has 0 aliphatic carbocycles. The molecular weight excluding hydrogens is 452 g/mol. The highest BCUT2D eigenvalue weighted by Crippen LogP contribution is 2.28. The normalized spacial score (nSPS) is 10.4. The monoisotopic (exact) mass is 480 g/mol. The maximum absolute atomic E-state index is 12.5. The van der Waals surface area contributed by atoms with E-state index in [4.69, 9.17) is 14.2 Å². The minimum atomic E-state index is -0.506. The van der Waals surface area contributed by atoms with Crippen LogP contribution in [0.5, 0.6) is 11.5 Å². The second-order valence-electron chi connectivity index (χ2n) is 7.45. The lowest BCUT2D eigenvalue weighted by atomic mass is 10.2. The van der Waals surface area contributed by atoms with E-state index in [1.807, 2.05) is 6.92 Å². The molecule has 10 heteroatoms. The molecule has 2 aromatic carbocycles. The number of nitrogens with zero attached hydrogens (tertiary/aromatic N) is 2. The van der Waals surface area contributed by atoms with Gasteiger partial charge in [0, 0.05) is 11.1 Å². The number of hydrogen-bond acceptors (Lipinski definition) is 7. The fraction of sp³-hybridized carbons (Fsp3) is 0.280. The van der Waals surface area contributed by atoms with Crippen LogP contribution in [0.25, 0.3) is 5.69 Å². The molecule has 10 nitrogen and oxygen atoms in total. The minimum absolute atomic E-state index is 0.274. The van der Waals surface area contributed by atoms with Crippen LogP contribution >= 0.6 is 0 Å². The Morgan fingerprint density at radius 2 is 1.60 bits per heavy atom. The van der Waals surface area contributed by atoms with Gasteiger partial charge in [0.15, 0.2) is 11.5 Å². The van der Waals surface area contributed by atoms with Crippen molar-refractivity contribution >= 4 is 17.8 Å². The highest BCUT2D eigenvalue weighted by Gasteiger charge is 2.17. The van der Waals surface area contributed by atoms with Gasteiger partial charge in [-0.2, -0.15) is 5.10 Å². The van der Waals surface area contributed by atoms with E-state index >= 15 is 0 Å². The maximum atomic E-state index is 12.5. The summed E-state index contributed by atoms with van der Waals surface area (Å²) in [5.41, 5.74) is 7.06. The number of hydrogen-bond donors (Lipinski definition) is 2. The first-order chi connectivity index (χ1) is 16.9. The number of ether oxygens (including phenoxy) is 3. The highest BCUT2D eigenvalue weighted by atomic mass is 16.5. The van der Waals surface area contributed by atoms with E-state index in [0.717, 1.165) is 6.42 Å². The molecule has 2 amide bonds. The predicted octanol–water partition coefficient (Wildman–Crippen LogP) is 3.23. The van der Waals surface area contributed by atoms with Crippen LogP contribution in [0.4, 0.5) is 0 Å². The number of carbonyl (C=O) groups is 3. The van der Waals surface area contributed by atoms with Gasteiger partial charge in [-0.25, -0.2) is 9.48 Å². The van der Waals surface area contributed by atoms with Gasteiger partial charge in [-0.05, 0) is 62.7 Å². The molecule has 0 unspecified atom stereocenters. The number of methoxy groups -OCH3 is 1. The van der Waals surface area contributed by atoms with Gasteiger partial charge in [0.2, 0.25) is 0 Å². The first kappa shape index (κ1) is 25.3. The molecule has 0 saturated heterocycles. The zero-order valence-electron chi connectivity index (χ0n) is 20.1. The minimum Gasteiger partial charge on any atom is -0.493 e. The molecule has 2 N–H and O–H groups in total. The molecule has 3 aromatic rings. The summed E-state index contributed by atoms with van der Waals surface area (Å²) in [5.74, 6) is -0.480. The van der Waals surface area contributed by atoms with E-state index in [1.165, 1.54) is 19.4 Å². The first-order valence-electron chi connectivity index (χ1n) is 11.1. The van der Waals surface area contributed by atoms with Crippen LogP contribution in [-0.2, 0) is 4.74 Å². The quantitative estimate of drug-likeness (QED) is 0.356. The van der Waals surface area contributed by atoms with Crippen molar-refractivity contribution in [2.45, 2.75) is 27.2 Å². The zero-order chi connectivity index (χ0) is 25.4. The number of rotatable bonds is 9. The molecule has 0 atom stereocenters. The second-order valence-corrected chi connectivity index (χ2v) is 7.45. The lowest BCUT2D eigenvalue weighted by Crippen LogP contribution is -2.41. The van der Waals surface area contributed by atoms with Gasteiger partial charge in [0.05, 0.1) is 37.9 Å². The molecule has 0 spiro atoms. The van der Waals surface area contributed by atoms with E-state index in [1.54, 1.807) is 54.9 Å². The molecule has 1 heterocycles. The van der Waals surface area contributed by atoms with Crippen molar-refractivity contribution in [3.8, 4) is 17.2 Å². The van der Waals surface area contributed by atoms with Gasteiger partial charge in [0.1, 0.15) is 5.56 Å². The Morgan fingerprint density at radius 1 is 0.943 bits per heavy atom. The summed E-state index contributed by atoms with van der Waals surface area (Å²) in [4.78, 5) is 37.0. The molecule has 0 saturated carbocycles. The summed E-state index contributed by atoms with van der Waals surface area (Å²) in [5, 5.41) is 4.23. The summed E-state index contributed by atoms with van der Waals surface area (Å²) in [6.45, 7) is 6.29. The van der Waals surface area contributed by atoms with Crippen molar-refractivity contribution in [3.05, 3.63) is 71.0 Å². The summed E-state index contributed by atoms with van der Waals surface area (Å²) < 4.78 is 17.5. The number of aromatic nitrogens is 2. The third-order valence-electron chi connectivity index (χ3n) is 5.06.